The standard InChI is InChI=1S/C5H7NS/c1-6-3-2-5(7)4-6/h2-4,7H,1H3. The minimum atomic E-state index is 1.02. The molecule has 0 aliphatic carbocycles. The van der Waals surface area contributed by atoms with Gasteiger partial charge < -0.3 is 4.57 Å². The van der Waals surface area contributed by atoms with Crippen molar-refractivity contribution in [2.24, 2.45) is 7.05 Å². The van der Waals surface area contributed by atoms with E-state index in [1.54, 1.807) is 0 Å². The maximum absolute atomic E-state index is 4.08. The molecule has 0 aliphatic rings. The molecule has 1 aromatic rings. The van der Waals surface area contributed by atoms with Gasteiger partial charge in [-0.25, -0.2) is 0 Å². The average Bonchev–Trinajstić information content (AvgIpc) is 1.87. The Morgan fingerprint density at radius 3 is 2.57 bits per heavy atom. The molecule has 0 atom stereocenters. The number of aryl methyl sites for hydroxylation is 1. The Kier molecular flexibility index (Phi) is 1.11. The van der Waals surface area contributed by atoms with E-state index in [4.69, 9.17) is 0 Å². The molecule has 0 unspecified atom stereocenters. The maximum Gasteiger partial charge on any atom is 0.0217 e. The molecule has 0 radical (unpaired) electrons. The van der Waals surface area contributed by atoms with Crippen LogP contribution in [0.3, 0.4) is 0 Å². The van der Waals surface area contributed by atoms with Crippen molar-refractivity contribution in [2.75, 3.05) is 0 Å². The topological polar surface area (TPSA) is 4.93 Å². The third-order valence-electron chi connectivity index (χ3n) is 0.816. The van der Waals surface area contributed by atoms with E-state index in [2.05, 4.69) is 12.6 Å². The Morgan fingerprint density at radius 1 is 1.71 bits per heavy atom. The zero-order valence-electron chi connectivity index (χ0n) is 4.13. The summed E-state index contributed by atoms with van der Waals surface area (Å²) in [5.74, 6) is 0. The molecule has 0 N–H and O–H groups in total. The third-order valence-corrected chi connectivity index (χ3v) is 1.08. The van der Waals surface area contributed by atoms with E-state index in [9.17, 15) is 0 Å². The number of nitrogens with zero attached hydrogens (tertiary/aromatic N) is 1. The third kappa shape index (κ3) is 0.996. The van der Waals surface area contributed by atoms with Crippen LogP contribution in [0.15, 0.2) is 23.4 Å². The molecule has 0 saturated heterocycles. The van der Waals surface area contributed by atoms with Crippen LogP contribution in [0.5, 0.6) is 0 Å². The number of hydrogen-bond acceptors (Lipinski definition) is 1. The van der Waals surface area contributed by atoms with Gasteiger partial charge in [0.2, 0.25) is 0 Å². The Morgan fingerprint density at radius 2 is 2.43 bits per heavy atom. The van der Waals surface area contributed by atoms with Crippen molar-refractivity contribution in [1.82, 2.24) is 4.57 Å². The molecule has 0 spiro atoms. The second-order valence-corrected chi connectivity index (χ2v) is 2.05. The molecule has 1 heterocycles. The molecule has 1 rings (SSSR count). The molecule has 7 heavy (non-hydrogen) atoms. The van der Waals surface area contributed by atoms with Crippen molar-refractivity contribution < 1.29 is 0 Å². The van der Waals surface area contributed by atoms with Gasteiger partial charge in [-0.05, 0) is 6.07 Å². The lowest BCUT2D eigenvalue weighted by Gasteiger charge is -1.80. The summed E-state index contributed by atoms with van der Waals surface area (Å²) in [6, 6.07) is 1.95. The van der Waals surface area contributed by atoms with Crippen molar-refractivity contribution in [3.05, 3.63) is 18.5 Å². The van der Waals surface area contributed by atoms with Crippen LogP contribution in [-0.2, 0) is 7.05 Å². The summed E-state index contributed by atoms with van der Waals surface area (Å²) >= 11 is 4.08. The van der Waals surface area contributed by atoms with Crippen LogP contribution in [0.25, 0.3) is 0 Å². The van der Waals surface area contributed by atoms with Crippen LogP contribution in [0.2, 0.25) is 0 Å². The number of rotatable bonds is 0. The summed E-state index contributed by atoms with van der Waals surface area (Å²) in [6.07, 6.45) is 3.91. The van der Waals surface area contributed by atoms with Gasteiger partial charge in [-0.3, -0.25) is 0 Å². The minimum Gasteiger partial charge on any atom is -0.356 e. The monoisotopic (exact) mass is 113 g/mol. The fourth-order valence-electron chi connectivity index (χ4n) is 0.489. The second-order valence-electron chi connectivity index (χ2n) is 1.54. The summed E-state index contributed by atoms with van der Waals surface area (Å²) in [6.45, 7) is 0. The highest BCUT2D eigenvalue weighted by Crippen LogP contribution is 2.02. The Balaban J connectivity index is 3.04. The minimum absolute atomic E-state index is 1.02. The molecule has 0 fully saturated rings. The summed E-state index contributed by atoms with van der Waals surface area (Å²) in [4.78, 5) is 1.02. The lowest BCUT2D eigenvalue weighted by atomic mass is 10.7. The SMILES string of the molecule is Cn1ccc(S)c1. The van der Waals surface area contributed by atoms with Gasteiger partial charge in [0.1, 0.15) is 0 Å². The Bertz CT molecular complexity index is 140. The summed E-state index contributed by atoms with van der Waals surface area (Å²) < 4.78 is 1.96. The molecule has 38 valence electrons. The van der Waals surface area contributed by atoms with Crippen LogP contribution >= 0.6 is 12.6 Å². The largest absolute Gasteiger partial charge is 0.356 e. The molecular weight excluding hydrogens is 106 g/mol. The van der Waals surface area contributed by atoms with Gasteiger partial charge in [-0.2, -0.15) is 0 Å². The Hall–Kier alpha value is -0.370. The van der Waals surface area contributed by atoms with Crippen molar-refractivity contribution >= 4 is 12.6 Å². The Labute approximate surface area is 48.4 Å². The molecular formula is C5H7NS. The lowest BCUT2D eigenvalue weighted by molar-refractivity contribution is 0.921. The van der Waals surface area contributed by atoms with Gasteiger partial charge >= 0.3 is 0 Å². The first-order chi connectivity index (χ1) is 3.29. The van der Waals surface area contributed by atoms with E-state index in [0.29, 0.717) is 0 Å². The van der Waals surface area contributed by atoms with Crippen LogP contribution in [0, 0.1) is 0 Å². The molecule has 0 amide bonds. The first kappa shape index (κ1) is 4.78. The molecule has 2 heteroatoms. The van der Waals surface area contributed by atoms with Gasteiger partial charge in [-0.15, -0.1) is 12.6 Å². The van der Waals surface area contributed by atoms with Crippen molar-refractivity contribution in [3.8, 4) is 0 Å². The highest BCUT2D eigenvalue weighted by atomic mass is 32.1. The number of hydrogen-bond donors (Lipinski definition) is 1. The molecule has 0 aromatic carbocycles. The summed E-state index contributed by atoms with van der Waals surface area (Å²) in [5.41, 5.74) is 0. The number of thiol groups is 1. The van der Waals surface area contributed by atoms with Crippen LogP contribution in [0.4, 0.5) is 0 Å². The molecule has 0 aliphatic heterocycles. The first-order valence-electron chi connectivity index (χ1n) is 2.10. The van der Waals surface area contributed by atoms with Gasteiger partial charge in [0.15, 0.2) is 0 Å². The van der Waals surface area contributed by atoms with Crippen LogP contribution in [0.1, 0.15) is 0 Å². The zero-order valence-corrected chi connectivity index (χ0v) is 5.02. The highest BCUT2D eigenvalue weighted by Gasteiger charge is 1.81. The van der Waals surface area contributed by atoms with Gasteiger partial charge in [0.25, 0.3) is 0 Å². The smallest absolute Gasteiger partial charge is 0.0217 e. The maximum atomic E-state index is 4.08. The predicted octanol–water partition coefficient (Wildman–Crippen LogP) is 1.31. The van der Waals surface area contributed by atoms with Crippen LogP contribution < -0.4 is 0 Å². The van der Waals surface area contributed by atoms with E-state index in [0.717, 1.165) is 4.90 Å². The molecule has 1 aromatic heterocycles. The number of aromatic nitrogens is 1. The van der Waals surface area contributed by atoms with Crippen LogP contribution in [-0.4, -0.2) is 4.57 Å². The molecule has 0 saturated carbocycles. The fraction of sp³-hybridized carbons (Fsp3) is 0.200. The summed E-state index contributed by atoms with van der Waals surface area (Å²) in [5, 5.41) is 0. The molecule has 1 nitrogen and oxygen atoms in total. The van der Waals surface area contributed by atoms with Crippen molar-refractivity contribution in [1.29, 1.82) is 0 Å². The van der Waals surface area contributed by atoms with E-state index in [-0.39, 0.29) is 0 Å². The van der Waals surface area contributed by atoms with Gasteiger partial charge in [0.05, 0.1) is 0 Å². The van der Waals surface area contributed by atoms with Crippen molar-refractivity contribution in [2.45, 2.75) is 4.90 Å². The van der Waals surface area contributed by atoms with Gasteiger partial charge in [-0.1, -0.05) is 0 Å². The average molecular weight is 113 g/mol. The zero-order chi connectivity index (χ0) is 5.28. The first-order valence-corrected chi connectivity index (χ1v) is 2.55. The van der Waals surface area contributed by atoms with E-state index in [1.165, 1.54) is 0 Å². The fourth-order valence-corrected chi connectivity index (χ4v) is 0.737. The van der Waals surface area contributed by atoms with E-state index in [1.807, 2.05) is 30.1 Å². The van der Waals surface area contributed by atoms with Crippen molar-refractivity contribution in [3.63, 3.8) is 0 Å². The lowest BCUT2D eigenvalue weighted by Crippen LogP contribution is -1.75. The van der Waals surface area contributed by atoms with E-state index >= 15 is 0 Å². The highest BCUT2D eigenvalue weighted by molar-refractivity contribution is 7.80. The van der Waals surface area contributed by atoms with E-state index < -0.39 is 0 Å². The predicted molar refractivity (Wildman–Crippen MR) is 32.7 cm³/mol. The normalized spacial score (nSPS) is 9.43. The summed E-state index contributed by atoms with van der Waals surface area (Å²) in [7, 11) is 1.97. The van der Waals surface area contributed by atoms with Gasteiger partial charge in [0, 0.05) is 24.3 Å². The quantitative estimate of drug-likeness (QED) is 0.484. The second kappa shape index (κ2) is 1.62. The molecule has 0 bridgehead atoms.